The van der Waals surface area contributed by atoms with Gasteiger partial charge in [0.05, 0.1) is 18.6 Å². The van der Waals surface area contributed by atoms with Crippen LogP contribution in [0.3, 0.4) is 0 Å². The van der Waals surface area contributed by atoms with E-state index in [1.807, 2.05) is 6.92 Å². The van der Waals surface area contributed by atoms with Crippen molar-refractivity contribution >= 4 is 16.7 Å². The van der Waals surface area contributed by atoms with Crippen LogP contribution in [0, 0.1) is 22.7 Å². The van der Waals surface area contributed by atoms with Gasteiger partial charge in [-0.1, -0.05) is 58.9 Å². The van der Waals surface area contributed by atoms with Crippen LogP contribution >= 0.6 is 0 Å². The van der Waals surface area contributed by atoms with Crippen molar-refractivity contribution < 1.29 is 14.3 Å². The normalized spacial score (nSPS) is 26.6. The molecule has 2 aromatic rings. The van der Waals surface area contributed by atoms with E-state index in [0.717, 1.165) is 37.5 Å². The van der Waals surface area contributed by atoms with Crippen LogP contribution in [-0.4, -0.2) is 24.7 Å². The van der Waals surface area contributed by atoms with Crippen molar-refractivity contribution in [2.75, 3.05) is 6.61 Å². The topological polar surface area (TPSA) is 47.6 Å². The maximum atomic E-state index is 12.2. The molecule has 4 nitrogen and oxygen atoms in total. The minimum Gasteiger partial charge on any atom is -0.490 e. The molecule has 0 spiro atoms. The molecular formula is C30H43NO3. The van der Waals surface area contributed by atoms with E-state index in [2.05, 4.69) is 76.3 Å². The molecule has 0 radical (unpaired) electrons. The Hall–Kier alpha value is -2.07. The lowest BCUT2D eigenvalue weighted by Gasteiger charge is -2.51. The van der Waals surface area contributed by atoms with Crippen LogP contribution in [0.1, 0.15) is 79.2 Å². The highest BCUT2D eigenvalue weighted by Gasteiger charge is 2.52. The van der Waals surface area contributed by atoms with E-state index in [1.54, 1.807) is 0 Å². The fraction of sp³-hybridized carbons (Fsp3) is 0.633. The van der Waals surface area contributed by atoms with Crippen LogP contribution in [-0.2, 0) is 16.1 Å². The number of hydrogen-bond acceptors (Lipinski definition) is 4. The van der Waals surface area contributed by atoms with Gasteiger partial charge in [-0.2, -0.15) is 0 Å². The summed E-state index contributed by atoms with van der Waals surface area (Å²) in [6.07, 6.45) is 5.95. The molecule has 2 aliphatic rings. The van der Waals surface area contributed by atoms with Crippen molar-refractivity contribution in [2.24, 2.45) is 22.7 Å². The summed E-state index contributed by atoms with van der Waals surface area (Å²) in [5.41, 5.74) is 1.56. The van der Waals surface area contributed by atoms with Crippen molar-refractivity contribution in [1.29, 1.82) is 0 Å². The van der Waals surface area contributed by atoms with Gasteiger partial charge in [0.15, 0.2) is 0 Å². The highest BCUT2D eigenvalue weighted by molar-refractivity contribution is 5.88. The summed E-state index contributed by atoms with van der Waals surface area (Å²) < 4.78 is 11.8. The maximum Gasteiger partial charge on any atom is 0.309 e. The number of esters is 1. The maximum absolute atomic E-state index is 12.2. The van der Waals surface area contributed by atoms with Gasteiger partial charge in [-0.05, 0) is 78.9 Å². The summed E-state index contributed by atoms with van der Waals surface area (Å²) in [5.74, 6) is 1.73. The van der Waals surface area contributed by atoms with E-state index in [1.165, 1.54) is 29.2 Å². The molecule has 0 heterocycles. The molecule has 186 valence electrons. The fourth-order valence-electron chi connectivity index (χ4n) is 5.90. The number of benzene rings is 2. The van der Waals surface area contributed by atoms with Gasteiger partial charge in [-0.3, -0.25) is 4.79 Å². The first-order chi connectivity index (χ1) is 16.1. The Morgan fingerprint density at radius 2 is 1.82 bits per heavy atom. The summed E-state index contributed by atoms with van der Waals surface area (Å²) in [4.78, 5) is 12.2. The van der Waals surface area contributed by atoms with Gasteiger partial charge in [0.1, 0.15) is 5.75 Å². The number of hydrogen-bond donors (Lipinski definition) is 1. The molecule has 4 rings (SSSR count). The van der Waals surface area contributed by atoms with Crippen LogP contribution in [0.15, 0.2) is 36.4 Å². The van der Waals surface area contributed by atoms with Crippen LogP contribution < -0.4 is 10.1 Å². The summed E-state index contributed by atoms with van der Waals surface area (Å²) in [7, 11) is 0. The van der Waals surface area contributed by atoms with Gasteiger partial charge < -0.3 is 14.8 Å². The van der Waals surface area contributed by atoms with Gasteiger partial charge in [-0.25, -0.2) is 0 Å². The lowest BCUT2D eigenvalue weighted by molar-refractivity contribution is -0.161. The molecule has 2 fully saturated rings. The zero-order chi connectivity index (χ0) is 24.5. The highest BCUT2D eigenvalue weighted by Crippen LogP contribution is 2.47. The number of fused-ring (bicyclic) bond motifs is 1. The van der Waals surface area contributed by atoms with E-state index in [0.29, 0.717) is 24.2 Å². The average molecular weight is 466 g/mol. The first-order valence-electron chi connectivity index (χ1n) is 13.2. The molecule has 34 heavy (non-hydrogen) atoms. The third-order valence-electron chi connectivity index (χ3n) is 8.49. The summed E-state index contributed by atoms with van der Waals surface area (Å²) in [6.45, 7) is 14.5. The first-order valence-corrected chi connectivity index (χ1v) is 13.2. The van der Waals surface area contributed by atoms with Crippen molar-refractivity contribution in [2.45, 2.75) is 92.3 Å². The van der Waals surface area contributed by atoms with E-state index >= 15 is 0 Å². The summed E-state index contributed by atoms with van der Waals surface area (Å²) in [6, 6.07) is 13.4. The van der Waals surface area contributed by atoms with Crippen molar-refractivity contribution in [3.05, 3.63) is 42.0 Å². The van der Waals surface area contributed by atoms with E-state index < -0.39 is 0 Å². The molecule has 2 aliphatic carbocycles. The van der Waals surface area contributed by atoms with Gasteiger partial charge in [0.2, 0.25) is 0 Å². The molecule has 1 N–H and O–H groups in total. The predicted molar refractivity (Wildman–Crippen MR) is 139 cm³/mol. The van der Waals surface area contributed by atoms with Gasteiger partial charge >= 0.3 is 5.97 Å². The largest absolute Gasteiger partial charge is 0.490 e. The first kappa shape index (κ1) is 25.0. The molecule has 4 heteroatoms. The lowest BCUT2D eigenvalue weighted by atomic mass is 9.58. The Morgan fingerprint density at radius 3 is 2.47 bits per heavy atom. The zero-order valence-electron chi connectivity index (χ0n) is 21.9. The SMILES string of the molecule is CCOC(=O)C1CC(NCc2ccc3c(OC4CCC(C(C)(C)C)CC4)cccc3c2)C1(C)C. The molecule has 2 aromatic carbocycles. The van der Waals surface area contributed by atoms with Crippen molar-refractivity contribution in [3.63, 3.8) is 0 Å². The zero-order valence-corrected chi connectivity index (χ0v) is 21.9. The third-order valence-corrected chi connectivity index (χ3v) is 8.49. The smallest absolute Gasteiger partial charge is 0.309 e. The Labute approximate surface area is 205 Å². The van der Waals surface area contributed by atoms with Crippen LogP contribution in [0.5, 0.6) is 5.75 Å². The number of nitrogens with one attached hydrogen (secondary N) is 1. The van der Waals surface area contributed by atoms with Gasteiger partial charge in [0, 0.05) is 18.0 Å². The van der Waals surface area contributed by atoms with Gasteiger partial charge in [0.25, 0.3) is 0 Å². The second kappa shape index (κ2) is 9.89. The quantitative estimate of drug-likeness (QED) is 0.452. The van der Waals surface area contributed by atoms with Crippen LogP contribution in [0.4, 0.5) is 0 Å². The molecule has 2 unspecified atom stereocenters. The molecule has 0 aromatic heterocycles. The van der Waals surface area contributed by atoms with E-state index in [-0.39, 0.29) is 17.3 Å². The minimum absolute atomic E-state index is 0.0141. The minimum atomic E-state index is -0.0872. The molecule has 2 saturated carbocycles. The Bertz CT molecular complexity index is 998. The second-order valence-corrected chi connectivity index (χ2v) is 12.1. The lowest BCUT2D eigenvalue weighted by Crippen LogP contribution is -2.59. The predicted octanol–water partition coefficient (Wildman–Crippen LogP) is 6.89. The van der Waals surface area contributed by atoms with Crippen molar-refractivity contribution in [1.82, 2.24) is 5.32 Å². The Balaban J connectivity index is 1.36. The van der Waals surface area contributed by atoms with Crippen LogP contribution in [0.2, 0.25) is 0 Å². The molecule has 2 atom stereocenters. The van der Waals surface area contributed by atoms with E-state index in [9.17, 15) is 4.79 Å². The Morgan fingerprint density at radius 1 is 1.09 bits per heavy atom. The van der Waals surface area contributed by atoms with Crippen molar-refractivity contribution in [3.8, 4) is 5.75 Å². The standard InChI is InChI=1S/C30H43NO3/c1-7-33-28(32)25-18-27(30(25,5)6)31-19-20-11-16-24-21(17-20)9-8-10-26(24)34-23-14-12-22(13-15-23)29(2,3)4/h8-11,16-17,22-23,25,27,31H,7,12-15,18-19H2,1-6H3. The Kier molecular flexibility index (Phi) is 7.28. The molecule has 0 aliphatic heterocycles. The third kappa shape index (κ3) is 5.27. The van der Waals surface area contributed by atoms with Gasteiger partial charge in [-0.15, -0.1) is 0 Å². The van der Waals surface area contributed by atoms with E-state index in [4.69, 9.17) is 9.47 Å². The fourth-order valence-corrected chi connectivity index (χ4v) is 5.90. The molecule has 0 saturated heterocycles. The summed E-state index contributed by atoms with van der Waals surface area (Å²) >= 11 is 0. The highest BCUT2D eigenvalue weighted by atomic mass is 16.5. The molecule has 0 bridgehead atoms. The monoisotopic (exact) mass is 465 g/mol. The molecular weight excluding hydrogens is 422 g/mol. The number of rotatable bonds is 7. The average Bonchev–Trinajstić information content (AvgIpc) is 2.78. The molecule has 0 amide bonds. The van der Waals surface area contributed by atoms with Crippen LogP contribution in [0.25, 0.3) is 10.8 Å². The second-order valence-electron chi connectivity index (χ2n) is 12.1. The summed E-state index contributed by atoms with van der Waals surface area (Å²) in [5, 5.41) is 6.08. The number of ether oxygens (including phenoxy) is 2. The number of carbonyl (C=O) groups excluding carboxylic acids is 1. The number of carbonyl (C=O) groups is 1.